The standard InChI is InChI=1S/C19H29ClO2Si/c1-19(20,11-9-7-8-10-12-23(4,5)6)16-13-17(21-2)15-18(14-16)22-3/h13-15H,7-9,11H2,1-6H3. The molecule has 0 fully saturated rings. The first-order valence-electron chi connectivity index (χ1n) is 8.10. The quantitative estimate of drug-likeness (QED) is 0.275. The maximum Gasteiger partial charge on any atom is 0.129 e. The topological polar surface area (TPSA) is 18.5 Å². The molecule has 128 valence electrons. The highest BCUT2D eigenvalue weighted by molar-refractivity contribution is 6.83. The summed E-state index contributed by atoms with van der Waals surface area (Å²) in [5.41, 5.74) is 4.44. The van der Waals surface area contributed by atoms with Gasteiger partial charge in [-0.15, -0.1) is 23.1 Å². The fourth-order valence-electron chi connectivity index (χ4n) is 2.25. The third-order valence-corrected chi connectivity index (χ3v) is 4.95. The van der Waals surface area contributed by atoms with E-state index < -0.39 is 12.9 Å². The van der Waals surface area contributed by atoms with Gasteiger partial charge in [0.15, 0.2) is 0 Å². The van der Waals surface area contributed by atoms with Crippen molar-refractivity contribution in [3.05, 3.63) is 23.8 Å². The average Bonchev–Trinajstić information content (AvgIpc) is 2.49. The summed E-state index contributed by atoms with van der Waals surface area (Å²) in [5, 5.41) is 0. The molecule has 0 heterocycles. The first-order valence-corrected chi connectivity index (χ1v) is 12.0. The zero-order valence-electron chi connectivity index (χ0n) is 15.3. The molecule has 1 rings (SSSR count). The molecule has 0 bridgehead atoms. The minimum absolute atomic E-state index is 0.423. The summed E-state index contributed by atoms with van der Waals surface area (Å²) in [5.74, 6) is 4.86. The first-order chi connectivity index (χ1) is 10.7. The maximum atomic E-state index is 6.76. The summed E-state index contributed by atoms with van der Waals surface area (Å²) in [6.45, 7) is 8.86. The molecule has 1 unspecified atom stereocenters. The number of alkyl halides is 1. The summed E-state index contributed by atoms with van der Waals surface area (Å²) in [7, 11) is 2.07. The molecular weight excluding hydrogens is 324 g/mol. The fourth-order valence-corrected chi connectivity index (χ4v) is 3.15. The molecule has 0 aliphatic rings. The Labute approximate surface area is 147 Å². The van der Waals surface area contributed by atoms with E-state index in [2.05, 4.69) is 38.0 Å². The summed E-state index contributed by atoms with van der Waals surface area (Å²) < 4.78 is 10.7. The number of hydrogen-bond donors (Lipinski definition) is 0. The van der Waals surface area contributed by atoms with Crippen LogP contribution in [0.3, 0.4) is 0 Å². The van der Waals surface area contributed by atoms with E-state index in [4.69, 9.17) is 21.1 Å². The lowest BCUT2D eigenvalue weighted by atomic mass is 9.93. The highest BCUT2D eigenvalue weighted by Crippen LogP contribution is 2.38. The summed E-state index contributed by atoms with van der Waals surface area (Å²) in [6.07, 6.45) is 4.00. The highest BCUT2D eigenvalue weighted by Gasteiger charge is 2.24. The van der Waals surface area contributed by atoms with Crippen LogP contribution < -0.4 is 9.47 Å². The van der Waals surface area contributed by atoms with Gasteiger partial charge in [-0.1, -0.05) is 26.1 Å². The lowest BCUT2D eigenvalue weighted by Crippen LogP contribution is -2.16. The second kappa shape index (κ2) is 8.66. The molecule has 0 radical (unpaired) electrons. The Bertz CT molecular complexity index is 543. The van der Waals surface area contributed by atoms with Crippen LogP contribution in [0.15, 0.2) is 18.2 Å². The molecule has 1 aromatic carbocycles. The van der Waals surface area contributed by atoms with Crippen LogP contribution in [0, 0.1) is 11.5 Å². The predicted molar refractivity (Wildman–Crippen MR) is 102 cm³/mol. The molecule has 4 heteroatoms. The molecule has 23 heavy (non-hydrogen) atoms. The van der Waals surface area contributed by atoms with Crippen LogP contribution in [0.4, 0.5) is 0 Å². The van der Waals surface area contributed by atoms with Crippen LogP contribution in [-0.4, -0.2) is 22.3 Å². The smallest absolute Gasteiger partial charge is 0.129 e. The Morgan fingerprint density at radius 3 is 2.09 bits per heavy atom. The molecule has 0 saturated heterocycles. The highest BCUT2D eigenvalue weighted by atomic mass is 35.5. The van der Waals surface area contributed by atoms with Crippen molar-refractivity contribution >= 4 is 19.7 Å². The largest absolute Gasteiger partial charge is 0.497 e. The predicted octanol–water partition coefficient (Wildman–Crippen LogP) is 5.60. The summed E-state index contributed by atoms with van der Waals surface area (Å²) in [4.78, 5) is -0.423. The molecule has 0 saturated carbocycles. The zero-order chi connectivity index (χ0) is 17.5. The molecule has 0 spiro atoms. The van der Waals surface area contributed by atoms with Crippen molar-refractivity contribution in [3.63, 3.8) is 0 Å². The van der Waals surface area contributed by atoms with Crippen molar-refractivity contribution < 1.29 is 9.47 Å². The Morgan fingerprint density at radius 1 is 1.04 bits per heavy atom. The lowest BCUT2D eigenvalue weighted by Gasteiger charge is -2.23. The minimum atomic E-state index is -1.24. The van der Waals surface area contributed by atoms with E-state index in [-0.39, 0.29) is 0 Å². The Kier molecular flexibility index (Phi) is 7.50. The second-order valence-corrected chi connectivity index (χ2v) is 12.6. The number of halogens is 1. The SMILES string of the molecule is COc1cc(OC)cc(C(C)(Cl)CCCCC#C[Si](C)(C)C)c1. The van der Waals surface area contributed by atoms with E-state index >= 15 is 0 Å². The van der Waals surface area contributed by atoms with Crippen molar-refractivity contribution in [3.8, 4) is 23.0 Å². The molecule has 2 nitrogen and oxygen atoms in total. The molecular formula is C19H29ClO2Si. The number of unbranched alkanes of at least 4 members (excludes halogenated alkanes) is 2. The van der Waals surface area contributed by atoms with Gasteiger partial charge in [-0.3, -0.25) is 0 Å². The van der Waals surface area contributed by atoms with Crippen LogP contribution in [0.25, 0.3) is 0 Å². The van der Waals surface area contributed by atoms with Gasteiger partial charge in [-0.25, -0.2) is 0 Å². The molecule has 0 aliphatic carbocycles. The van der Waals surface area contributed by atoms with Gasteiger partial charge in [-0.05, 0) is 37.5 Å². The van der Waals surface area contributed by atoms with E-state index in [1.807, 2.05) is 18.2 Å². The lowest BCUT2D eigenvalue weighted by molar-refractivity contribution is 0.391. The first kappa shape index (κ1) is 19.9. The second-order valence-electron chi connectivity index (χ2n) is 7.06. The number of methoxy groups -OCH3 is 2. The molecule has 1 atom stereocenters. The van der Waals surface area contributed by atoms with Gasteiger partial charge < -0.3 is 9.47 Å². The van der Waals surface area contributed by atoms with Crippen molar-refractivity contribution in [1.82, 2.24) is 0 Å². The van der Waals surface area contributed by atoms with Gasteiger partial charge in [-0.2, -0.15) is 0 Å². The molecule has 1 aromatic rings. The number of rotatable bonds is 7. The van der Waals surface area contributed by atoms with Crippen molar-refractivity contribution in [1.29, 1.82) is 0 Å². The van der Waals surface area contributed by atoms with Crippen molar-refractivity contribution in [2.75, 3.05) is 14.2 Å². The minimum Gasteiger partial charge on any atom is -0.497 e. The Balaban J connectivity index is 2.63. The van der Waals surface area contributed by atoms with E-state index in [0.717, 1.165) is 42.7 Å². The van der Waals surface area contributed by atoms with Crippen LogP contribution >= 0.6 is 11.6 Å². The van der Waals surface area contributed by atoms with Crippen LogP contribution in [0.5, 0.6) is 11.5 Å². The normalized spacial score (nSPS) is 13.7. The van der Waals surface area contributed by atoms with E-state index in [1.165, 1.54) is 0 Å². The maximum absolute atomic E-state index is 6.76. The van der Waals surface area contributed by atoms with Gasteiger partial charge in [0.2, 0.25) is 0 Å². The summed E-state index contributed by atoms with van der Waals surface area (Å²) in [6, 6.07) is 5.84. The van der Waals surface area contributed by atoms with Crippen LogP contribution in [0.1, 0.15) is 38.2 Å². The molecule has 0 aromatic heterocycles. The van der Waals surface area contributed by atoms with Crippen molar-refractivity contribution in [2.45, 2.75) is 57.1 Å². The third kappa shape index (κ3) is 7.33. The van der Waals surface area contributed by atoms with Gasteiger partial charge in [0.1, 0.15) is 19.6 Å². The third-order valence-electron chi connectivity index (χ3n) is 3.61. The summed E-state index contributed by atoms with van der Waals surface area (Å²) >= 11 is 6.76. The van der Waals surface area contributed by atoms with Crippen molar-refractivity contribution in [2.24, 2.45) is 0 Å². The molecule has 0 N–H and O–H groups in total. The van der Waals surface area contributed by atoms with Crippen LogP contribution in [0.2, 0.25) is 19.6 Å². The number of benzene rings is 1. The molecule has 0 aliphatic heterocycles. The van der Waals surface area contributed by atoms with E-state index in [1.54, 1.807) is 14.2 Å². The number of hydrogen-bond acceptors (Lipinski definition) is 2. The Morgan fingerprint density at radius 2 is 1.61 bits per heavy atom. The van der Waals surface area contributed by atoms with E-state index in [0.29, 0.717) is 0 Å². The molecule has 0 amide bonds. The van der Waals surface area contributed by atoms with Gasteiger partial charge in [0.25, 0.3) is 0 Å². The Hall–Kier alpha value is -1.11. The van der Waals surface area contributed by atoms with Gasteiger partial charge >= 0.3 is 0 Å². The zero-order valence-corrected chi connectivity index (χ0v) is 17.0. The number of ether oxygens (including phenoxy) is 2. The van der Waals surface area contributed by atoms with Gasteiger partial charge in [0, 0.05) is 12.5 Å². The van der Waals surface area contributed by atoms with Crippen LogP contribution in [-0.2, 0) is 4.87 Å². The fraction of sp³-hybridized carbons (Fsp3) is 0.579. The van der Waals surface area contributed by atoms with Gasteiger partial charge in [0.05, 0.1) is 19.1 Å². The average molecular weight is 353 g/mol. The van der Waals surface area contributed by atoms with E-state index in [9.17, 15) is 0 Å². The monoisotopic (exact) mass is 352 g/mol.